The molecule has 0 amide bonds. The molecule has 0 aliphatic carbocycles. The molecule has 1 heterocycles. The van der Waals surface area contributed by atoms with Crippen molar-refractivity contribution in [3.05, 3.63) is 29.6 Å². The number of nitrogens with two attached hydrogens (primary N) is 1. The van der Waals surface area contributed by atoms with Crippen LogP contribution in [0.2, 0.25) is 0 Å². The van der Waals surface area contributed by atoms with E-state index in [2.05, 4.69) is 10.1 Å². The van der Waals surface area contributed by atoms with Crippen LogP contribution in [0.3, 0.4) is 0 Å². The van der Waals surface area contributed by atoms with Gasteiger partial charge in [-0.25, -0.2) is 8.78 Å². The molecule has 3 N–H and O–H groups in total. The summed E-state index contributed by atoms with van der Waals surface area (Å²) in [6.45, 7) is -0.728. The number of rotatable bonds is 5. The lowest BCUT2D eigenvalue weighted by atomic mass is 10.2. The van der Waals surface area contributed by atoms with Crippen molar-refractivity contribution in [2.75, 3.05) is 6.61 Å². The van der Waals surface area contributed by atoms with Gasteiger partial charge in [0, 0.05) is 11.8 Å². The van der Waals surface area contributed by atoms with Crippen LogP contribution in [0.1, 0.15) is 11.3 Å². The fourth-order valence-electron chi connectivity index (χ4n) is 1.09. The van der Waals surface area contributed by atoms with Crippen LogP contribution in [0.25, 0.3) is 0 Å². The van der Waals surface area contributed by atoms with Gasteiger partial charge in [0.25, 0.3) is 6.43 Å². The minimum Gasteiger partial charge on any atom is -0.409 e. The molecule has 0 aliphatic rings. The van der Waals surface area contributed by atoms with Gasteiger partial charge in [0.05, 0.1) is 6.61 Å². The molecule has 0 atom stereocenters. The number of nitrogens with zero attached hydrogens (tertiary/aromatic N) is 2. The number of ether oxygens (including phenoxy) is 1. The van der Waals surface area contributed by atoms with E-state index < -0.39 is 13.0 Å². The number of alkyl halides is 2. The molecule has 1 aromatic heterocycles. The molecular weight excluding hydrogens is 220 g/mol. The third-order valence-corrected chi connectivity index (χ3v) is 1.74. The average molecular weight is 231 g/mol. The lowest BCUT2D eigenvalue weighted by Gasteiger charge is -2.07. The van der Waals surface area contributed by atoms with Crippen molar-refractivity contribution >= 4 is 5.84 Å². The lowest BCUT2D eigenvalue weighted by molar-refractivity contribution is 0.00974. The Kier molecular flexibility index (Phi) is 4.59. The van der Waals surface area contributed by atoms with Crippen molar-refractivity contribution in [1.29, 1.82) is 0 Å². The van der Waals surface area contributed by atoms with Crippen molar-refractivity contribution in [2.45, 2.75) is 13.0 Å². The zero-order valence-electron chi connectivity index (χ0n) is 8.31. The predicted molar refractivity (Wildman–Crippen MR) is 52.4 cm³/mol. The summed E-state index contributed by atoms with van der Waals surface area (Å²) in [7, 11) is 0. The molecule has 5 nitrogen and oxygen atoms in total. The molecule has 0 bridgehead atoms. The number of pyridine rings is 1. The van der Waals surface area contributed by atoms with Gasteiger partial charge in [0.1, 0.15) is 12.3 Å². The third kappa shape index (κ3) is 3.43. The second-order valence-electron chi connectivity index (χ2n) is 2.90. The molecule has 1 rings (SSSR count). The van der Waals surface area contributed by atoms with Crippen molar-refractivity contribution in [1.82, 2.24) is 4.98 Å². The van der Waals surface area contributed by atoms with Gasteiger partial charge in [-0.3, -0.25) is 4.98 Å². The number of oxime groups is 1. The fourth-order valence-corrected chi connectivity index (χ4v) is 1.09. The highest BCUT2D eigenvalue weighted by molar-refractivity contribution is 5.96. The first-order chi connectivity index (χ1) is 7.65. The second-order valence-corrected chi connectivity index (χ2v) is 2.90. The molecule has 7 heteroatoms. The SMILES string of the molecule is N/C(=N/O)c1ncccc1COCC(F)F. The Morgan fingerprint density at radius 1 is 1.62 bits per heavy atom. The molecule has 0 spiro atoms. The van der Waals surface area contributed by atoms with E-state index in [9.17, 15) is 8.78 Å². The summed E-state index contributed by atoms with van der Waals surface area (Å²) in [5, 5.41) is 11.3. The molecular formula is C9H11F2N3O2. The average Bonchev–Trinajstić information content (AvgIpc) is 2.28. The van der Waals surface area contributed by atoms with Crippen LogP contribution in [0, 0.1) is 0 Å². The Bertz CT molecular complexity index is 372. The van der Waals surface area contributed by atoms with E-state index >= 15 is 0 Å². The van der Waals surface area contributed by atoms with Crippen LogP contribution in [-0.2, 0) is 11.3 Å². The molecule has 16 heavy (non-hydrogen) atoms. The zero-order chi connectivity index (χ0) is 12.0. The lowest BCUT2D eigenvalue weighted by Crippen LogP contribution is -2.18. The number of hydrogen-bond donors (Lipinski definition) is 2. The summed E-state index contributed by atoms with van der Waals surface area (Å²) in [5.74, 6) is -0.184. The number of amidine groups is 1. The van der Waals surface area contributed by atoms with Gasteiger partial charge in [-0.05, 0) is 6.07 Å². The van der Waals surface area contributed by atoms with E-state index in [4.69, 9.17) is 15.7 Å². The van der Waals surface area contributed by atoms with E-state index in [0.717, 1.165) is 0 Å². The first kappa shape index (κ1) is 12.3. The quantitative estimate of drug-likeness (QED) is 0.342. The summed E-state index contributed by atoms with van der Waals surface area (Å²) in [5.41, 5.74) is 6.07. The molecule has 0 fully saturated rings. The van der Waals surface area contributed by atoms with Crippen LogP contribution in [-0.4, -0.2) is 29.1 Å². The highest BCUT2D eigenvalue weighted by atomic mass is 19.3. The molecule has 0 saturated heterocycles. The summed E-state index contributed by atoms with van der Waals surface area (Å²) in [4.78, 5) is 3.86. The monoisotopic (exact) mass is 231 g/mol. The van der Waals surface area contributed by atoms with Gasteiger partial charge in [-0.1, -0.05) is 11.2 Å². The first-order valence-corrected chi connectivity index (χ1v) is 4.43. The van der Waals surface area contributed by atoms with Gasteiger partial charge < -0.3 is 15.7 Å². The van der Waals surface area contributed by atoms with Crippen LogP contribution < -0.4 is 5.73 Å². The van der Waals surface area contributed by atoms with E-state index in [0.29, 0.717) is 5.56 Å². The number of aromatic nitrogens is 1. The molecule has 1 aromatic rings. The molecule has 88 valence electrons. The Hall–Kier alpha value is -1.76. The highest BCUT2D eigenvalue weighted by Crippen LogP contribution is 2.07. The minimum absolute atomic E-state index is 0.0657. The molecule has 0 aromatic carbocycles. The van der Waals surface area contributed by atoms with Gasteiger partial charge in [0.2, 0.25) is 0 Å². The Morgan fingerprint density at radius 2 is 2.38 bits per heavy atom. The summed E-state index contributed by atoms with van der Waals surface area (Å²) < 4.78 is 28.4. The minimum atomic E-state index is -2.52. The van der Waals surface area contributed by atoms with Gasteiger partial charge in [-0.2, -0.15) is 0 Å². The Labute approximate surface area is 90.5 Å². The first-order valence-electron chi connectivity index (χ1n) is 4.43. The smallest absolute Gasteiger partial charge is 0.261 e. The van der Waals surface area contributed by atoms with E-state index in [1.54, 1.807) is 12.1 Å². The number of halogens is 2. The maximum absolute atomic E-state index is 11.8. The van der Waals surface area contributed by atoms with Crippen LogP contribution in [0.5, 0.6) is 0 Å². The van der Waals surface area contributed by atoms with E-state index in [-0.39, 0.29) is 18.1 Å². The Morgan fingerprint density at radius 3 is 3.00 bits per heavy atom. The van der Waals surface area contributed by atoms with Crippen LogP contribution in [0.15, 0.2) is 23.5 Å². The summed E-state index contributed by atoms with van der Waals surface area (Å²) >= 11 is 0. The zero-order valence-corrected chi connectivity index (χ0v) is 8.31. The third-order valence-electron chi connectivity index (χ3n) is 1.74. The Balaban J connectivity index is 2.72. The van der Waals surface area contributed by atoms with Crippen molar-refractivity contribution in [3.8, 4) is 0 Å². The fraction of sp³-hybridized carbons (Fsp3) is 0.333. The van der Waals surface area contributed by atoms with Crippen molar-refractivity contribution in [3.63, 3.8) is 0 Å². The number of hydrogen-bond acceptors (Lipinski definition) is 4. The summed E-state index contributed by atoms with van der Waals surface area (Å²) in [6, 6.07) is 3.21. The maximum Gasteiger partial charge on any atom is 0.261 e. The molecule has 0 radical (unpaired) electrons. The topological polar surface area (TPSA) is 80.7 Å². The molecule has 0 unspecified atom stereocenters. The van der Waals surface area contributed by atoms with Gasteiger partial charge >= 0.3 is 0 Å². The standard InChI is InChI=1S/C9H11F2N3O2/c10-7(11)5-16-4-6-2-1-3-13-8(6)9(12)14-15/h1-3,7,15H,4-5H2,(H2,12,14). The van der Waals surface area contributed by atoms with Gasteiger partial charge in [0.15, 0.2) is 5.84 Å². The predicted octanol–water partition coefficient (Wildman–Crippen LogP) is 0.958. The normalized spacial score (nSPS) is 12.1. The maximum atomic E-state index is 11.8. The second kappa shape index (κ2) is 5.96. The van der Waals surface area contributed by atoms with Crippen molar-refractivity contribution < 1.29 is 18.7 Å². The largest absolute Gasteiger partial charge is 0.409 e. The van der Waals surface area contributed by atoms with Crippen LogP contribution >= 0.6 is 0 Å². The molecule has 0 saturated carbocycles. The summed E-state index contributed by atoms with van der Waals surface area (Å²) in [6.07, 6.45) is -1.08. The van der Waals surface area contributed by atoms with Crippen molar-refractivity contribution in [2.24, 2.45) is 10.9 Å². The van der Waals surface area contributed by atoms with E-state index in [1.807, 2.05) is 0 Å². The van der Waals surface area contributed by atoms with E-state index in [1.165, 1.54) is 6.20 Å². The highest BCUT2D eigenvalue weighted by Gasteiger charge is 2.09. The van der Waals surface area contributed by atoms with Crippen LogP contribution in [0.4, 0.5) is 8.78 Å². The van der Waals surface area contributed by atoms with Gasteiger partial charge in [-0.15, -0.1) is 0 Å². The molecule has 0 aliphatic heterocycles.